The number of nitrogens with zero attached hydrogens (tertiary/aromatic N) is 3. The van der Waals surface area contributed by atoms with Gasteiger partial charge in [0.1, 0.15) is 11.8 Å². The van der Waals surface area contributed by atoms with Crippen LogP contribution in [0.25, 0.3) is 0 Å². The third-order valence-corrected chi connectivity index (χ3v) is 6.57. The Bertz CT molecular complexity index is 983. The predicted molar refractivity (Wildman–Crippen MR) is 105 cm³/mol. The molecule has 0 bridgehead atoms. The number of hydrogen-bond donors (Lipinski definition) is 2. The first-order valence-electron chi connectivity index (χ1n) is 9.53. The quantitative estimate of drug-likeness (QED) is 0.359. The standard InChI is InChI=1S/C19H24N4O6S/c1-3-18(28-4-2)29-13-5-7-14(8-6-13)30(26,27)23-12-16-15(20-9-10-21-16)11-17(23)19(24)22-25/h5-10,17-18,25H,3-4,11-12H2,1-2H3,(H,22,24). The highest BCUT2D eigenvalue weighted by atomic mass is 32.2. The highest BCUT2D eigenvalue weighted by molar-refractivity contribution is 7.89. The number of carbonyl (C=O) groups excluding carboxylic acids is 1. The first kappa shape index (κ1) is 22.1. The smallest absolute Gasteiger partial charge is 0.262 e. The fraction of sp³-hybridized carbons (Fsp3) is 0.421. The Kier molecular flexibility index (Phi) is 6.98. The molecule has 1 aliphatic rings. The van der Waals surface area contributed by atoms with E-state index in [2.05, 4.69) is 9.97 Å². The first-order chi connectivity index (χ1) is 14.4. The van der Waals surface area contributed by atoms with E-state index in [1.165, 1.54) is 36.7 Å². The van der Waals surface area contributed by atoms with E-state index in [-0.39, 0.29) is 17.9 Å². The van der Waals surface area contributed by atoms with Gasteiger partial charge in [-0.2, -0.15) is 4.31 Å². The zero-order valence-electron chi connectivity index (χ0n) is 16.7. The second kappa shape index (κ2) is 9.47. The second-order valence-corrected chi connectivity index (χ2v) is 8.47. The Morgan fingerprint density at radius 2 is 1.90 bits per heavy atom. The van der Waals surface area contributed by atoms with Crippen LogP contribution in [0.1, 0.15) is 31.7 Å². The maximum absolute atomic E-state index is 13.3. The summed E-state index contributed by atoms with van der Waals surface area (Å²) in [5.74, 6) is -0.369. The zero-order valence-corrected chi connectivity index (χ0v) is 17.5. The third kappa shape index (κ3) is 4.59. The third-order valence-electron chi connectivity index (χ3n) is 4.70. The van der Waals surface area contributed by atoms with E-state index in [1.54, 1.807) is 5.48 Å². The van der Waals surface area contributed by atoms with Gasteiger partial charge in [0.15, 0.2) is 6.29 Å². The van der Waals surface area contributed by atoms with Gasteiger partial charge in [0.05, 0.1) is 22.8 Å². The predicted octanol–water partition coefficient (Wildman–Crippen LogP) is 1.25. The number of sulfonamides is 1. The molecule has 0 fully saturated rings. The number of fused-ring (bicyclic) bond motifs is 1. The molecular formula is C19H24N4O6S. The lowest BCUT2D eigenvalue weighted by atomic mass is 10.0. The minimum Gasteiger partial charge on any atom is -0.465 e. The molecule has 30 heavy (non-hydrogen) atoms. The lowest BCUT2D eigenvalue weighted by Gasteiger charge is -2.33. The Morgan fingerprint density at radius 3 is 2.50 bits per heavy atom. The van der Waals surface area contributed by atoms with Gasteiger partial charge in [-0.25, -0.2) is 13.9 Å². The number of hydroxylamine groups is 1. The summed E-state index contributed by atoms with van der Waals surface area (Å²) in [5, 5.41) is 9.09. The molecule has 2 atom stereocenters. The van der Waals surface area contributed by atoms with Gasteiger partial charge in [-0.15, -0.1) is 0 Å². The van der Waals surface area contributed by atoms with Gasteiger partial charge in [-0.1, -0.05) is 6.92 Å². The van der Waals surface area contributed by atoms with Crippen LogP contribution in [0.3, 0.4) is 0 Å². The average molecular weight is 436 g/mol. The van der Waals surface area contributed by atoms with Gasteiger partial charge in [-0.3, -0.25) is 20.0 Å². The summed E-state index contributed by atoms with van der Waals surface area (Å²) in [6.07, 6.45) is 3.15. The molecule has 10 nitrogen and oxygen atoms in total. The van der Waals surface area contributed by atoms with Gasteiger partial charge >= 0.3 is 0 Å². The number of rotatable bonds is 8. The molecule has 1 amide bonds. The molecule has 2 aromatic rings. The van der Waals surface area contributed by atoms with Gasteiger partial charge in [-0.05, 0) is 31.2 Å². The minimum atomic E-state index is -4.06. The van der Waals surface area contributed by atoms with Crippen LogP contribution in [0.4, 0.5) is 0 Å². The molecule has 1 aliphatic heterocycles. The van der Waals surface area contributed by atoms with Gasteiger partial charge in [0, 0.05) is 31.8 Å². The number of hydrogen-bond acceptors (Lipinski definition) is 8. The Hall–Kier alpha value is -2.60. The monoisotopic (exact) mass is 436 g/mol. The Morgan fingerprint density at radius 1 is 1.23 bits per heavy atom. The molecule has 0 radical (unpaired) electrons. The average Bonchev–Trinajstić information content (AvgIpc) is 2.77. The van der Waals surface area contributed by atoms with Crippen LogP contribution >= 0.6 is 0 Å². The van der Waals surface area contributed by atoms with Crippen molar-refractivity contribution in [3.05, 3.63) is 48.0 Å². The summed E-state index contributed by atoms with van der Waals surface area (Å²) in [7, 11) is -4.06. The first-order valence-corrected chi connectivity index (χ1v) is 11.0. The molecule has 2 N–H and O–H groups in total. The number of ether oxygens (including phenoxy) is 2. The number of aromatic nitrogens is 2. The van der Waals surface area contributed by atoms with Crippen LogP contribution in [-0.2, 0) is 32.5 Å². The summed E-state index contributed by atoms with van der Waals surface area (Å²) >= 11 is 0. The summed E-state index contributed by atoms with van der Waals surface area (Å²) in [5.41, 5.74) is 2.52. The normalized spacial score (nSPS) is 17.8. The van der Waals surface area contributed by atoms with Crippen molar-refractivity contribution in [2.45, 2.75) is 50.5 Å². The summed E-state index contributed by atoms with van der Waals surface area (Å²) in [6, 6.07) is 4.73. The maximum atomic E-state index is 13.3. The van der Waals surface area contributed by atoms with Crippen molar-refractivity contribution >= 4 is 15.9 Å². The fourth-order valence-electron chi connectivity index (χ4n) is 3.19. The van der Waals surface area contributed by atoms with E-state index in [0.717, 1.165) is 4.31 Å². The number of benzene rings is 1. The van der Waals surface area contributed by atoms with Gasteiger partial charge in [0.2, 0.25) is 10.0 Å². The molecular weight excluding hydrogens is 412 g/mol. The second-order valence-electron chi connectivity index (χ2n) is 6.58. The molecule has 162 valence electrons. The van der Waals surface area contributed by atoms with E-state index in [1.807, 2.05) is 13.8 Å². The minimum absolute atomic E-state index is 0.00251. The molecule has 2 unspecified atom stereocenters. The topological polar surface area (TPSA) is 131 Å². The largest absolute Gasteiger partial charge is 0.465 e. The lowest BCUT2D eigenvalue weighted by molar-refractivity contribution is -0.133. The molecule has 11 heteroatoms. The maximum Gasteiger partial charge on any atom is 0.262 e. The molecule has 1 aromatic heterocycles. The number of amides is 1. The summed E-state index contributed by atoms with van der Waals surface area (Å²) < 4.78 is 38.7. The van der Waals surface area contributed by atoms with Crippen LogP contribution in [-0.4, -0.2) is 52.7 Å². The van der Waals surface area contributed by atoms with Crippen LogP contribution in [0.15, 0.2) is 41.6 Å². The Labute approximate surface area is 174 Å². The van der Waals surface area contributed by atoms with E-state index in [9.17, 15) is 13.2 Å². The molecule has 2 heterocycles. The summed E-state index contributed by atoms with van der Waals surface area (Å²) in [6.45, 7) is 4.15. The van der Waals surface area contributed by atoms with E-state index in [0.29, 0.717) is 30.2 Å². The highest BCUT2D eigenvalue weighted by Gasteiger charge is 2.40. The molecule has 0 spiro atoms. The van der Waals surface area contributed by atoms with Crippen molar-refractivity contribution < 1.29 is 27.9 Å². The van der Waals surface area contributed by atoms with Crippen molar-refractivity contribution in [1.82, 2.24) is 19.8 Å². The van der Waals surface area contributed by atoms with Crippen LogP contribution in [0.2, 0.25) is 0 Å². The van der Waals surface area contributed by atoms with Gasteiger partial charge < -0.3 is 9.47 Å². The molecule has 1 aromatic carbocycles. The van der Waals surface area contributed by atoms with Crippen LogP contribution in [0.5, 0.6) is 5.75 Å². The molecule has 0 saturated carbocycles. The van der Waals surface area contributed by atoms with Gasteiger partial charge in [0.25, 0.3) is 5.91 Å². The van der Waals surface area contributed by atoms with Crippen molar-refractivity contribution in [2.75, 3.05) is 6.61 Å². The van der Waals surface area contributed by atoms with Crippen molar-refractivity contribution in [3.63, 3.8) is 0 Å². The van der Waals surface area contributed by atoms with Crippen molar-refractivity contribution in [1.29, 1.82) is 0 Å². The lowest BCUT2D eigenvalue weighted by Crippen LogP contribution is -2.52. The van der Waals surface area contributed by atoms with E-state index < -0.39 is 28.3 Å². The molecule has 3 rings (SSSR count). The van der Waals surface area contributed by atoms with E-state index >= 15 is 0 Å². The van der Waals surface area contributed by atoms with Crippen molar-refractivity contribution in [2.24, 2.45) is 0 Å². The van der Waals surface area contributed by atoms with E-state index in [4.69, 9.17) is 14.7 Å². The SMILES string of the molecule is CCOC(CC)Oc1ccc(S(=O)(=O)N2Cc3nccnc3CC2C(=O)NO)cc1. The van der Waals surface area contributed by atoms with Crippen molar-refractivity contribution in [3.8, 4) is 5.75 Å². The Balaban J connectivity index is 1.88. The zero-order chi connectivity index (χ0) is 21.7. The highest BCUT2D eigenvalue weighted by Crippen LogP contribution is 2.28. The molecule has 0 saturated heterocycles. The number of carbonyl (C=O) groups is 1. The molecule has 0 aliphatic carbocycles. The number of nitrogens with one attached hydrogen (secondary N) is 1. The van der Waals surface area contributed by atoms with Crippen LogP contribution in [0, 0.1) is 0 Å². The fourth-order valence-corrected chi connectivity index (χ4v) is 4.74. The summed E-state index contributed by atoms with van der Waals surface area (Å²) in [4.78, 5) is 20.5. The van der Waals surface area contributed by atoms with Crippen LogP contribution < -0.4 is 10.2 Å².